The van der Waals surface area contributed by atoms with Gasteiger partial charge in [-0.1, -0.05) is 0 Å². The fourth-order valence-corrected chi connectivity index (χ4v) is 4.16. The molecule has 1 fully saturated rings. The number of amides is 1. The lowest BCUT2D eigenvalue weighted by Crippen LogP contribution is -2.26. The third kappa shape index (κ3) is 3.66. The van der Waals surface area contributed by atoms with Gasteiger partial charge in [0.1, 0.15) is 0 Å². The van der Waals surface area contributed by atoms with Crippen molar-refractivity contribution in [3.05, 3.63) is 52.1 Å². The van der Waals surface area contributed by atoms with E-state index in [-0.39, 0.29) is 5.91 Å². The Hall–Kier alpha value is -2.31. The summed E-state index contributed by atoms with van der Waals surface area (Å²) in [7, 11) is 1.83. The van der Waals surface area contributed by atoms with Crippen molar-refractivity contribution < 1.29 is 9.53 Å². The molecule has 7 heteroatoms. The predicted octanol–water partition coefficient (Wildman–Crippen LogP) is 4.09. The van der Waals surface area contributed by atoms with Crippen molar-refractivity contribution in [2.75, 3.05) is 13.7 Å². The normalized spacial score (nSPS) is 16.8. The standard InChI is InChI=1S/C21H25ClN4O2/c1-13-9-16(14(2)26(13)12-17-5-4-8-28-17)11-25(3)20(27)15-6-7-18-19(10-15)24-21(22)23-18/h6-7,9-10,17H,4-5,8,11-12H2,1-3H3,(H,23,24)/t17-/m0/s1. The van der Waals surface area contributed by atoms with Gasteiger partial charge in [-0.3, -0.25) is 4.79 Å². The fraction of sp³-hybridized carbons (Fsp3) is 0.429. The molecule has 0 radical (unpaired) electrons. The summed E-state index contributed by atoms with van der Waals surface area (Å²) >= 11 is 5.91. The Morgan fingerprint density at radius 1 is 1.39 bits per heavy atom. The molecule has 1 N–H and O–H groups in total. The highest BCUT2D eigenvalue weighted by atomic mass is 35.5. The lowest BCUT2D eigenvalue weighted by Gasteiger charge is -2.18. The van der Waals surface area contributed by atoms with Gasteiger partial charge >= 0.3 is 0 Å². The van der Waals surface area contributed by atoms with Crippen molar-refractivity contribution in [2.45, 2.75) is 45.9 Å². The minimum absolute atomic E-state index is 0.0310. The third-order valence-electron chi connectivity index (χ3n) is 5.54. The second-order valence-electron chi connectivity index (χ2n) is 7.56. The Morgan fingerprint density at radius 3 is 2.96 bits per heavy atom. The van der Waals surface area contributed by atoms with E-state index in [0.717, 1.165) is 42.6 Å². The number of H-pyrrole nitrogens is 1. The van der Waals surface area contributed by atoms with Crippen LogP contribution < -0.4 is 0 Å². The van der Waals surface area contributed by atoms with E-state index >= 15 is 0 Å². The van der Waals surface area contributed by atoms with Gasteiger partial charge in [0, 0.05) is 43.7 Å². The molecule has 1 saturated heterocycles. The lowest BCUT2D eigenvalue weighted by atomic mass is 10.1. The Kier molecular flexibility index (Phi) is 5.17. The second kappa shape index (κ2) is 7.60. The average molecular weight is 401 g/mol. The van der Waals surface area contributed by atoms with Crippen LogP contribution in [0.4, 0.5) is 0 Å². The van der Waals surface area contributed by atoms with Crippen LogP contribution in [0.1, 0.15) is 40.2 Å². The predicted molar refractivity (Wildman–Crippen MR) is 110 cm³/mol. The van der Waals surface area contributed by atoms with Crippen LogP contribution in [0.15, 0.2) is 24.3 Å². The Labute approximate surface area is 169 Å². The summed E-state index contributed by atoms with van der Waals surface area (Å²) in [4.78, 5) is 21.8. The first-order chi connectivity index (χ1) is 13.4. The topological polar surface area (TPSA) is 63.2 Å². The molecule has 0 bridgehead atoms. The molecule has 0 aliphatic carbocycles. The Morgan fingerprint density at radius 2 is 2.21 bits per heavy atom. The number of nitrogens with one attached hydrogen (secondary N) is 1. The zero-order valence-corrected chi connectivity index (χ0v) is 17.2. The van der Waals surface area contributed by atoms with Crippen molar-refractivity contribution >= 4 is 28.5 Å². The van der Waals surface area contributed by atoms with E-state index in [0.29, 0.717) is 23.5 Å². The minimum Gasteiger partial charge on any atom is -0.376 e. The smallest absolute Gasteiger partial charge is 0.253 e. The van der Waals surface area contributed by atoms with Crippen molar-refractivity contribution in [1.29, 1.82) is 0 Å². The molecule has 2 aromatic heterocycles. The lowest BCUT2D eigenvalue weighted by molar-refractivity contribution is 0.0784. The first kappa shape index (κ1) is 19.0. The number of aryl methyl sites for hydroxylation is 1. The first-order valence-electron chi connectivity index (χ1n) is 9.60. The molecule has 1 amide bonds. The van der Waals surface area contributed by atoms with Gasteiger partial charge in [0.25, 0.3) is 5.91 Å². The van der Waals surface area contributed by atoms with Gasteiger partial charge < -0.3 is 19.2 Å². The van der Waals surface area contributed by atoms with E-state index in [4.69, 9.17) is 16.3 Å². The van der Waals surface area contributed by atoms with Gasteiger partial charge in [0.15, 0.2) is 0 Å². The molecule has 28 heavy (non-hydrogen) atoms. The quantitative estimate of drug-likeness (QED) is 0.701. The Balaban J connectivity index is 1.50. The van der Waals surface area contributed by atoms with E-state index in [2.05, 4.69) is 34.4 Å². The summed E-state index contributed by atoms with van der Waals surface area (Å²) < 4.78 is 8.10. The highest BCUT2D eigenvalue weighted by Crippen LogP contribution is 2.22. The molecule has 0 unspecified atom stereocenters. The van der Waals surface area contributed by atoms with E-state index < -0.39 is 0 Å². The molecule has 3 aromatic rings. The molecule has 3 heterocycles. The number of rotatable bonds is 5. The summed E-state index contributed by atoms with van der Waals surface area (Å²) in [5.74, 6) is -0.0310. The van der Waals surface area contributed by atoms with Crippen LogP contribution in [-0.4, -0.2) is 45.1 Å². The van der Waals surface area contributed by atoms with Gasteiger partial charge in [-0.15, -0.1) is 0 Å². The second-order valence-corrected chi connectivity index (χ2v) is 7.92. The van der Waals surface area contributed by atoms with Crippen molar-refractivity contribution in [3.63, 3.8) is 0 Å². The molecule has 1 aromatic carbocycles. The number of hydrogen-bond donors (Lipinski definition) is 1. The highest BCUT2D eigenvalue weighted by molar-refractivity contribution is 6.29. The van der Waals surface area contributed by atoms with Gasteiger partial charge in [-0.2, -0.15) is 0 Å². The van der Waals surface area contributed by atoms with E-state index in [1.165, 1.54) is 11.4 Å². The number of halogens is 1. The number of carbonyl (C=O) groups is 1. The number of imidazole rings is 1. The minimum atomic E-state index is -0.0310. The molecule has 1 aliphatic rings. The summed E-state index contributed by atoms with van der Waals surface area (Å²) in [5, 5.41) is 0.326. The molecule has 1 atom stereocenters. The number of nitrogens with zero attached hydrogens (tertiary/aromatic N) is 3. The number of aromatic amines is 1. The number of aromatic nitrogens is 3. The van der Waals surface area contributed by atoms with Crippen LogP contribution >= 0.6 is 11.6 Å². The Bertz CT molecular complexity index is 1020. The zero-order chi connectivity index (χ0) is 19.8. The van der Waals surface area contributed by atoms with Crippen molar-refractivity contribution in [1.82, 2.24) is 19.4 Å². The SMILES string of the molecule is Cc1cc(CN(C)C(=O)c2ccc3nc(Cl)[nH]c3c2)c(C)n1C[C@@H]1CCCO1. The summed E-state index contributed by atoms with van der Waals surface area (Å²) in [6.45, 7) is 6.54. The first-order valence-corrected chi connectivity index (χ1v) is 9.98. The summed E-state index contributed by atoms with van der Waals surface area (Å²) in [5.41, 5.74) is 5.70. The van der Waals surface area contributed by atoms with Crippen LogP contribution in [0.5, 0.6) is 0 Å². The molecular formula is C21H25ClN4O2. The number of hydrogen-bond acceptors (Lipinski definition) is 3. The number of ether oxygens (including phenoxy) is 1. The maximum Gasteiger partial charge on any atom is 0.253 e. The molecule has 0 saturated carbocycles. The molecule has 6 nitrogen and oxygen atoms in total. The van der Waals surface area contributed by atoms with Crippen LogP contribution in [0.2, 0.25) is 5.28 Å². The fourth-order valence-electron chi connectivity index (χ4n) is 3.96. The largest absolute Gasteiger partial charge is 0.376 e. The van der Waals surface area contributed by atoms with Crippen LogP contribution in [0, 0.1) is 13.8 Å². The number of carbonyl (C=O) groups excluding carboxylic acids is 1. The molecule has 4 rings (SSSR count). The van der Waals surface area contributed by atoms with Crippen molar-refractivity contribution in [2.24, 2.45) is 0 Å². The van der Waals surface area contributed by atoms with Gasteiger partial charge in [0.05, 0.1) is 17.1 Å². The number of benzene rings is 1. The van der Waals surface area contributed by atoms with Gasteiger partial charge in [0.2, 0.25) is 5.28 Å². The molecule has 148 valence electrons. The van der Waals surface area contributed by atoms with Crippen LogP contribution in [-0.2, 0) is 17.8 Å². The maximum absolute atomic E-state index is 12.9. The maximum atomic E-state index is 12.9. The van der Waals surface area contributed by atoms with Crippen LogP contribution in [0.25, 0.3) is 11.0 Å². The third-order valence-corrected chi connectivity index (χ3v) is 5.72. The highest BCUT2D eigenvalue weighted by Gasteiger charge is 2.20. The molecular weight excluding hydrogens is 376 g/mol. The summed E-state index contributed by atoms with van der Waals surface area (Å²) in [6, 6.07) is 7.57. The van der Waals surface area contributed by atoms with Crippen molar-refractivity contribution in [3.8, 4) is 0 Å². The monoisotopic (exact) mass is 400 g/mol. The van der Waals surface area contributed by atoms with E-state index in [9.17, 15) is 4.79 Å². The van der Waals surface area contributed by atoms with Gasteiger partial charge in [-0.25, -0.2) is 4.98 Å². The zero-order valence-electron chi connectivity index (χ0n) is 16.5. The van der Waals surface area contributed by atoms with E-state index in [1.807, 2.05) is 13.1 Å². The number of fused-ring (bicyclic) bond motifs is 1. The summed E-state index contributed by atoms with van der Waals surface area (Å²) in [6.07, 6.45) is 2.55. The average Bonchev–Trinajstić information content (AvgIpc) is 3.36. The van der Waals surface area contributed by atoms with Crippen LogP contribution in [0.3, 0.4) is 0 Å². The molecule has 0 spiro atoms. The molecule has 1 aliphatic heterocycles. The van der Waals surface area contributed by atoms with E-state index in [1.54, 1.807) is 17.0 Å². The van der Waals surface area contributed by atoms with Gasteiger partial charge in [-0.05, 0) is 68.1 Å².